The van der Waals surface area contributed by atoms with Crippen LogP contribution in [0.1, 0.15) is 55.0 Å². The van der Waals surface area contributed by atoms with E-state index in [4.69, 9.17) is 0 Å². The van der Waals surface area contributed by atoms with E-state index >= 15 is 0 Å². The van der Waals surface area contributed by atoms with Gasteiger partial charge in [-0.3, -0.25) is 14.4 Å². The molecule has 1 fully saturated rings. The maximum absolute atomic E-state index is 14.0. The molecule has 3 aromatic carbocycles. The molecule has 0 aromatic heterocycles. The molecule has 0 atom stereocenters. The number of Topliss-reactive ketones (excluding diaryl/α,β-unsaturated/α-hetero) is 1. The number of carbonyl (C=O) groups excluding carboxylic acids is 3. The molecular formula is C28H27FN2O3. The summed E-state index contributed by atoms with van der Waals surface area (Å²) >= 11 is 0. The molecule has 3 aromatic rings. The van der Waals surface area contributed by atoms with Crippen LogP contribution in [0.25, 0.3) is 0 Å². The number of halogens is 1. The maximum atomic E-state index is 14.0. The molecule has 0 radical (unpaired) electrons. The molecule has 5 nitrogen and oxygen atoms in total. The zero-order valence-corrected chi connectivity index (χ0v) is 19.3. The maximum Gasteiger partial charge on any atom is 0.258 e. The molecule has 1 heterocycles. The van der Waals surface area contributed by atoms with Gasteiger partial charge in [-0.25, -0.2) is 4.39 Å². The van der Waals surface area contributed by atoms with E-state index in [1.165, 1.54) is 18.2 Å². The molecule has 1 aliphatic rings. The molecule has 174 valence electrons. The number of nitrogens with one attached hydrogen (secondary N) is 1. The van der Waals surface area contributed by atoms with Crippen molar-refractivity contribution in [1.29, 1.82) is 0 Å². The van der Waals surface area contributed by atoms with Crippen molar-refractivity contribution in [1.82, 2.24) is 4.90 Å². The summed E-state index contributed by atoms with van der Waals surface area (Å²) in [5, 5.41) is 2.72. The van der Waals surface area contributed by atoms with Crippen molar-refractivity contribution >= 4 is 23.3 Å². The van der Waals surface area contributed by atoms with E-state index in [1.807, 2.05) is 38.1 Å². The first kappa shape index (κ1) is 23.4. The summed E-state index contributed by atoms with van der Waals surface area (Å²) in [6.45, 7) is 4.78. The zero-order valence-electron chi connectivity index (χ0n) is 19.3. The standard InChI is InChI=1S/C28H27FN2O3/c1-18-7-10-20(11-8-18)26(32)21-13-15-31(16-14-21)28(34)22-12-9-19(2)25(17-22)30-27(33)23-5-3-4-6-24(23)29/h3-12,17,21H,13-16H2,1-2H3,(H,30,33). The number of rotatable bonds is 5. The number of aryl methyl sites for hydroxylation is 2. The van der Waals surface area contributed by atoms with Crippen molar-refractivity contribution in [3.63, 3.8) is 0 Å². The number of benzene rings is 3. The second-order valence-electron chi connectivity index (χ2n) is 8.76. The van der Waals surface area contributed by atoms with E-state index in [-0.39, 0.29) is 23.2 Å². The monoisotopic (exact) mass is 458 g/mol. The van der Waals surface area contributed by atoms with Crippen LogP contribution in [0.3, 0.4) is 0 Å². The topological polar surface area (TPSA) is 66.5 Å². The van der Waals surface area contributed by atoms with Crippen LogP contribution in [-0.4, -0.2) is 35.6 Å². The van der Waals surface area contributed by atoms with E-state index in [1.54, 1.807) is 29.2 Å². The fourth-order valence-corrected chi connectivity index (χ4v) is 4.21. The Kier molecular flexibility index (Phi) is 6.87. The number of amides is 2. The van der Waals surface area contributed by atoms with Crippen LogP contribution in [0.2, 0.25) is 0 Å². The Morgan fingerprint density at radius 2 is 1.53 bits per heavy atom. The SMILES string of the molecule is Cc1ccc(C(=O)C2CCN(C(=O)c3ccc(C)c(NC(=O)c4ccccc4F)c3)CC2)cc1. The third kappa shape index (κ3) is 5.06. The first-order valence-corrected chi connectivity index (χ1v) is 11.4. The number of piperidine rings is 1. The highest BCUT2D eigenvalue weighted by atomic mass is 19.1. The van der Waals surface area contributed by atoms with Gasteiger partial charge in [-0.05, 0) is 56.5 Å². The lowest BCUT2D eigenvalue weighted by atomic mass is 9.88. The lowest BCUT2D eigenvalue weighted by molar-refractivity contribution is 0.0650. The second-order valence-corrected chi connectivity index (χ2v) is 8.76. The molecule has 0 spiro atoms. The first-order valence-electron chi connectivity index (χ1n) is 11.4. The first-order chi connectivity index (χ1) is 16.3. The molecule has 6 heteroatoms. The fourth-order valence-electron chi connectivity index (χ4n) is 4.21. The van der Waals surface area contributed by atoms with Crippen LogP contribution in [-0.2, 0) is 0 Å². The van der Waals surface area contributed by atoms with Gasteiger partial charge in [0.25, 0.3) is 11.8 Å². The van der Waals surface area contributed by atoms with Crippen molar-refractivity contribution in [2.24, 2.45) is 5.92 Å². The minimum absolute atomic E-state index is 0.0565. The minimum Gasteiger partial charge on any atom is -0.339 e. The number of likely N-dealkylation sites (tertiary alicyclic amines) is 1. The van der Waals surface area contributed by atoms with Crippen molar-refractivity contribution < 1.29 is 18.8 Å². The molecule has 0 bridgehead atoms. The normalized spacial score (nSPS) is 14.0. The number of hydrogen-bond donors (Lipinski definition) is 1. The van der Waals surface area contributed by atoms with Crippen molar-refractivity contribution in [2.75, 3.05) is 18.4 Å². The molecule has 4 rings (SSSR count). The van der Waals surface area contributed by atoms with Gasteiger partial charge in [-0.15, -0.1) is 0 Å². The van der Waals surface area contributed by atoms with Gasteiger partial charge in [0.2, 0.25) is 0 Å². The van der Waals surface area contributed by atoms with Crippen LogP contribution >= 0.6 is 0 Å². The van der Waals surface area contributed by atoms with E-state index in [0.717, 1.165) is 11.1 Å². The van der Waals surface area contributed by atoms with Gasteiger partial charge in [0.05, 0.1) is 5.56 Å². The highest BCUT2D eigenvalue weighted by molar-refractivity contribution is 6.05. The van der Waals surface area contributed by atoms with Crippen molar-refractivity contribution in [3.05, 3.63) is 100 Å². The predicted molar refractivity (Wildman–Crippen MR) is 130 cm³/mol. The van der Waals surface area contributed by atoms with Crippen LogP contribution in [0.4, 0.5) is 10.1 Å². The molecule has 1 aliphatic heterocycles. The summed E-state index contributed by atoms with van der Waals surface area (Å²) in [5.74, 6) is -1.29. The van der Waals surface area contributed by atoms with Crippen LogP contribution < -0.4 is 5.32 Å². The lowest BCUT2D eigenvalue weighted by Crippen LogP contribution is -2.40. The molecule has 0 saturated carbocycles. The second kappa shape index (κ2) is 10.00. The van der Waals surface area contributed by atoms with Gasteiger partial charge in [0.1, 0.15) is 5.82 Å². The summed E-state index contributed by atoms with van der Waals surface area (Å²) in [6, 6.07) is 18.5. The summed E-state index contributed by atoms with van der Waals surface area (Å²) in [7, 11) is 0. The zero-order chi connectivity index (χ0) is 24.2. The quantitative estimate of drug-likeness (QED) is 0.519. The Labute approximate surface area is 198 Å². The smallest absolute Gasteiger partial charge is 0.258 e. The molecule has 0 aliphatic carbocycles. The Morgan fingerprint density at radius 3 is 2.21 bits per heavy atom. The Morgan fingerprint density at radius 1 is 0.882 bits per heavy atom. The highest BCUT2D eigenvalue weighted by Gasteiger charge is 2.28. The van der Waals surface area contributed by atoms with Gasteiger partial charge >= 0.3 is 0 Å². The Bertz CT molecular complexity index is 1230. The summed E-state index contributed by atoms with van der Waals surface area (Å²) in [5.41, 5.74) is 3.44. The number of anilines is 1. The Hall–Kier alpha value is -3.80. The average molecular weight is 459 g/mol. The number of nitrogens with zero attached hydrogens (tertiary/aromatic N) is 1. The summed E-state index contributed by atoms with van der Waals surface area (Å²) < 4.78 is 14.0. The Balaban J connectivity index is 1.42. The van der Waals surface area contributed by atoms with E-state index < -0.39 is 11.7 Å². The molecule has 34 heavy (non-hydrogen) atoms. The van der Waals surface area contributed by atoms with Gasteiger partial charge in [-0.1, -0.05) is 48.0 Å². The number of ketones is 1. The largest absolute Gasteiger partial charge is 0.339 e. The van der Waals surface area contributed by atoms with Crippen LogP contribution in [0.15, 0.2) is 66.7 Å². The molecule has 1 saturated heterocycles. The van der Waals surface area contributed by atoms with Gasteiger partial charge in [0.15, 0.2) is 5.78 Å². The highest BCUT2D eigenvalue weighted by Crippen LogP contribution is 2.25. The van der Waals surface area contributed by atoms with E-state index in [9.17, 15) is 18.8 Å². The molecule has 1 N–H and O–H groups in total. The van der Waals surface area contributed by atoms with E-state index in [2.05, 4.69) is 5.32 Å². The van der Waals surface area contributed by atoms with Gasteiger partial charge < -0.3 is 10.2 Å². The minimum atomic E-state index is -0.604. The fraction of sp³-hybridized carbons (Fsp3) is 0.250. The van der Waals surface area contributed by atoms with Crippen molar-refractivity contribution in [2.45, 2.75) is 26.7 Å². The third-order valence-corrected chi connectivity index (χ3v) is 6.34. The number of hydrogen-bond acceptors (Lipinski definition) is 3. The van der Waals surface area contributed by atoms with Crippen LogP contribution in [0, 0.1) is 25.6 Å². The van der Waals surface area contributed by atoms with Gasteiger partial charge in [-0.2, -0.15) is 0 Å². The predicted octanol–water partition coefficient (Wildman–Crippen LogP) is 5.43. The molecule has 0 unspecified atom stereocenters. The van der Waals surface area contributed by atoms with E-state index in [0.29, 0.717) is 42.7 Å². The molecular weight excluding hydrogens is 431 g/mol. The van der Waals surface area contributed by atoms with Crippen LogP contribution in [0.5, 0.6) is 0 Å². The summed E-state index contributed by atoms with van der Waals surface area (Å²) in [6.07, 6.45) is 1.22. The molecule has 2 amide bonds. The number of carbonyl (C=O) groups is 3. The lowest BCUT2D eigenvalue weighted by Gasteiger charge is -2.31. The summed E-state index contributed by atoms with van der Waals surface area (Å²) in [4.78, 5) is 40.2. The third-order valence-electron chi connectivity index (χ3n) is 6.34. The van der Waals surface area contributed by atoms with Crippen molar-refractivity contribution in [3.8, 4) is 0 Å². The average Bonchev–Trinajstić information content (AvgIpc) is 2.85. The van der Waals surface area contributed by atoms with Gasteiger partial charge in [0, 0.05) is 35.8 Å².